The number of hydrogen-bond donors (Lipinski definition) is 1. The average molecular weight is 306 g/mol. The van der Waals surface area contributed by atoms with Crippen LogP contribution in [0.1, 0.15) is 31.9 Å². The van der Waals surface area contributed by atoms with Crippen LogP contribution in [0.4, 0.5) is 5.82 Å². The predicted molar refractivity (Wildman–Crippen MR) is 85.8 cm³/mol. The predicted octanol–water partition coefficient (Wildman–Crippen LogP) is 3.84. The molecular weight excluding hydrogens is 286 g/mol. The van der Waals surface area contributed by atoms with Crippen molar-refractivity contribution in [3.8, 4) is 16.9 Å². The van der Waals surface area contributed by atoms with E-state index >= 15 is 0 Å². The lowest BCUT2D eigenvalue weighted by Crippen LogP contribution is -1.98. The Bertz CT molecular complexity index is 706. The first kappa shape index (κ1) is 14.3. The zero-order valence-electron chi connectivity index (χ0n) is 12.8. The molecule has 1 fully saturated rings. The number of ether oxygens (including phenoxy) is 1. The molecule has 1 aliphatic rings. The van der Waals surface area contributed by atoms with Gasteiger partial charge in [0.2, 0.25) is 0 Å². The van der Waals surface area contributed by atoms with Gasteiger partial charge in [0.05, 0.1) is 18.4 Å². The molecule has 1 atom stereocenters. The van der Waals surface area contributed by atoms with E-state index in [4.69, 9.17) is 22.1 Å². The topological polar surface area (TPSA) is 53.1 Å². The van der Waals surface area contributed by atoms with Gasteiger partial charge in [0.1, 0.15) is 11.6 Å². The minimum Gasteiger partial charge on any atom is -0.496 e. The van der Waals surface area contributed by atoms with Gasteiger partial charge in [-0.25, -0.2) is 0 Å². The Morgan fingerprint density at radius 2 is 2.10 bits per heavy atom. The van der Waals surface area contributed by atoms with Crippen molar-refractivity contribution in [1.29, 1.82) is 0 Å². The van der Waals surface area contributed by atoms with Crippen molar-refractivity contribution < 1.29 is 4.74 Å². The number of aryl methyl sites for hydroxylation is 1. The molecule has 1 aliphatic carbocycles. The largest absolute Gasteiger partial charge is 0.496 e. The van der Waals surface area contributed by atoms with Crippen LogP contribution in [-0.2, 0) is 7.05 Å². The number of methoxy groups -OCH3 is 1. The van der Waals surface area contributed by atoms with E-state index in [9.17, 15) is 0 Å². The summed E-state index contributed by atoms with van der Waals surface area (Å²) in [6.45, 7) is 4.50. The second kappa shape index (κ2) is 4.67. The normalized spacial score (nSPS) is 19.6. The zero-order valence-corrected chi connectivity index (χ0v) is 13.5. The number of rotatable bonds is 3. The number of anilines is 1. The first-order valence-corrected chi connectivity index (χ1v) is 7.39. The summed E-state index contributed by atoms with van der Waals surface area (Å²) in [6, 6.07) is 5.58. The molecule has 2 N–H and O–H groups in total. The van der Waals surface area contributed by atoms with Crippen LogP contribution in [0.15, 0.2) is 18.2 Å². The van der Waals surface area contributed by atoms with Crippen LogP contribution in [0, 0.1) is 5.41 Å². The van der Waals surface area contributed by atoms with Crippen molar-refractivity contribution in [1.82, 2.24) is 9.78 Å². The second-order valence-corrected chi connectivity index (χ2v) is 6.80. The molecule has 0 spiro atoms. The molecule has 3 rings (SSSR count). The Hall–Kier alpha value is -1.68. The Morgan fingerprint density at radius 3 is 2.67 bits per heavy atom. The highest BCUT2D eigenvalue weighted by Gasteiger charge is 2.49. The Labute approximate surface area is 129 Å². The minimum atomic E-state index is 0.279. The van der Waals surface area contributed by atoms with Crippen LogP contribution in [0.3, 0.4) is 0 Å². The van der Waals surface area contributed by atoms with Gasteiger partial charge in [0, 0.05) is 23.6 Å². The van der Waals surface area contributed by atoms with Crippen molar-refractivity contribution in [3.05, 3.63) is 28.9 Å². The average Bonchev–Trinajstić information content (AvgIpc) is 2.96. The molecule has 4 nitrogen and oxygen atoms in total. The number of nitrogen functional groups attached to an aromatic ring is 1. The molecule has 21 heavy (non-hydrogen) atoms. The monoisotopic (exact) mass is 305 g/mol. The van der Waals surface area contributed by atoms with E-state index in [1.807, 2.05) is 25.2 Å². The molecule has 1 heterocycles. The number of hydrogen-bond acceptors (Lipinski definition) is 3. The van der Waals surface area contributed by atoms with Crippen LogP contribution in [-0.4, -0.2) is 16.9 Å². The second-order valence-electron chi connectivity index (χ2n) is 6.36. The summed E-state index contributed by atoms with van der Waals surface area (Å²) >= 11 is 6.16. The highest BCUT2D eigenvalue weighted by molar-refractivity contribution is 6.31. The highest BCUT2D eigenvalue weighted by atomic mass is 35.5. The summed E-state index contributed by atoms with van der Waals surface area (Å²) in [5.41, 5.74) is 9.45. The van der Waals surface area contributed by atoms with Crippen molar-refractivity contribution >= 4 is 17.4 Å². The molecule has 5 heteroatoms. The third kappa shape index (κ3) is 2.27. The molecule has 0 bridgehead atoms. The molecular formula is C16H20ClN3O. The van der Waals surface area contributed by atoms with Gasteiger partial charge in [-0.1, -0.05) is 25.4 Å². The molecule has 1 saturated carbocycles. The summed E-state index contributed by atoms with van der Waals surface area (Å²) in [6.07, 6.45) is 1.12. The maximum atomic E-state index is 6.27. The molecule has 0 radical (unpaired) electrons. The Kier molecular flexibility index (Phi) is 3.17. The smallest absolute Gasteiger partial charge is 0.129 e. The summed E-state index contributed by atoms with van der Waals surface area (Å²) in [5.74, 6) is 1.84. The standard InChI is InChI=1S/C16H20ClN3O/c1-16(2)8-11(16)14-13(15(18)20(3)19-14)10-7-9(17)5-6-12(10)21-4/h5-7,11H,8,18H2,1-4H3. The summed E-state index contributed by atoms with van der Waals surface area (Å²) in [5, 5.41) is 5.30. The minimum absolute atomic E-state index is 0.279. The van der Waals surface area contributed by atoms with Crippen LogP contribution >= 0.6 is 11.6 Å². The summed E-state index contributed by atoms with van der Waals surface area (Å²) in [4.78, 5) is 0. The molecule has 0 saturated heterocycles. The first-order chi connectivity index (χ1) is 9.85. The lowest BCUT2D eigenvalue weighted by atomic mass is 9.99. The van der Waals surface area contributed by atoms with Gasteiger partial charge in [-0.05, 0) is 30.0 Å². The van der Waals surface area contributed by atoms with Crippen molar-refractivity contribution in [2.45, 2.75) is 26.2 Å². The van der Waals surface area contributed by atoms with Gasteiger partial charge in [0.15, 0.2) is 0 Å². The first-order valence-electron chi connectivity index (χ1n) is 7.01. The van der Waals surface area contributed by atoms with Crippen LogP contribution in [0.5, 0.6) is 5.75 Å². The molecule has 1 unspecified atom stereocenters. The fraction of sp³-hybridized carbons (Fsp3) is 0.438. The van der Waals surface area contributed by atoms with Gasteiger partial charge in [0.25, 0.3) is 0 Å². The SMILES string of the molecule is COc1ccc(Cl)cc1-c1c(C2CC2(C)C)nn(C)c1N. The maximum Gasteiger partial charge on any atom is 0.129 e. The van der Waals surface area contributed by atoms with Gasteiger partial charge in [-0.2, -0.15) is 5.10 Å². The van der Waals surface area contributed by atoms with Crippen LogP contribution in [0.2, 0.25) is 5.02 Å². The van der Waals surface area contributed by atoms with Crippen molar-refractivity contribution in [3.63, 3.8) is 0 Å². The number of aromatic nitrogens is 2. The molecule has 1 aromatic heterocycles. The molecule has 1 aromatic carbocycles. The van der Waals surface area contributed by atoms with E-state index in [0.29, 0.717) is 16.8 Å². The maximum absolute atomic E-state index is 6.27. The Balaban J connectivity index is 2.21. The van der Waals surface area contributed by atoms with E-state index < -0.39 is 0 Å². The number of nitrogens with zero attached hydrogens (tertiary/aromatic N) is 2. The third-order valence-corrected chi connectivity index (χ3v) is 4.63. The Morgan fingerprint density at radius 1 is 1.43 bits per heavy atom. The fourth-order valence-corrected chi connectivity index (χ4v) is 3.06. The van der Waals surface area contributed by atoms with E-state index in [0.717, 1.165) is 29.0 Å². The van der Waals surface area contributed by atoms with E-state index in [2.05, 4.69) is 18.9 Å². The molecule has 0 aliphatic heterocycles. The lowest BCUT2D eigenvalue weighted by molar-refractivity contribution is 0.416. The van der Waals surface area contributed by atoms with Crippen LogP contribution in [0.25, 0.3) is 11.1 Å². The quantitative estimate of drug-likeness (QED) is 0.937. The van der Waals surface area contributed by atoms with Crippen molar-refractivity contribution in [2.24, 2.45) is 12.5 Å². The van der Waals surface area contributed by atoms with Crippen LogP contribution < -0.4 is 10.5 Å². The number of benzene rings is 1. The van der Waals surface area contributed by atoms with Crippen molar-refractivity contribution in [2.75, 3.05) is 12.8 Å². The van der Waals surface area contributed by atoms with Gasteiger partial charge in [-0.15, -0.1) is 0 Å². The van der Waals surface area contributed by atoms with Gasteiger partial charge in [-0.3, -0.25) is 4.68 Å². The lowest BCUT2D eigenvalue weighted by Gasteiger charge is -2.11. The summed E-state index contributed by atoms with van der Waals surface area (Å²) < 4.78 is 7.21. The van der Waals surface area contributed by atoms with E-state index in [-0.39, 0.29) is 5.41 Å². The highest BCUT2D eigenvalue weighted by Crippen LogP contribution is 2.60. The molecule has 112 valence electrons. The molecule has 0 amide bonds. The third-order valence-electron chi connectivity index (χ3n) is 4.39. The van der Waals surface area contributed by atoms with Gasteiger partial charge >= 0.3 is 0 Å². The molecule has 2 aromatic rings. The zero-order chi connectivity index (χ0) is 15.4. The van der Waals surface area contributed by atoms with Gasteiger partial charge < -0.3 is 10.5 Å². The number of nitrogens with two attached hydrogens (primary N) is 1. The summed E-state index contributed by atoms with van der Waals surface area (Å²) in [7, 11) is 3.52. The fourth-order valence-electron chi connectivity index (χ4n) is 2.89. The van der Waals surface area contributed by atoms with E-state index in [1.54, 1.807) is 11.8 Å². The van der Waals surface area contributed by atoms with E-state index in [1.165, 1.54) is 0 Å². The number of halogens is 1.